The van der Waals surface area contributed by atoms with Crippen LogP contribution in [-0.4, -0.2) is 86.3 Å². The quantitative estimate of drug-likeness (QED) is 0.313. The zero-order valence-corrected chi connectivity index (χ0v) is 32.2. The van der Waals surface area contributed by atoms with Crippen LogP contribution in [0.25, 0.3) is 22.2 Å². The number of methoxy groups -OCH3 is 2. The lowest BCUT2D eigenvalue weighted by Gasteiger charge is -2.36. The number of sulfonamides is 1. The molecule has 2 saturated carbocycles. The lowest BCUT2D eigenvalue weighted by molar-refractivity contribution is -0.139. The van der Waals surface area contributed by atoms with E-state index in [4.69, 9.17) is 9.47 Å². The van der Waals surface area contributed by atoms with E-state index in [2.05, 4.69) is 26.3 Å². The van der Waals surface area contributed by atoms with E-state index in [0.717, 1.165) is 84.8 Å². The second kappa shape index (κ2) is 13.7. The van der Waals surface area contributed by atoms with Gasteiger partial charge < -0.3 is 23.8 Å². The van der Waals surface area contributed by atoms with Crippen molar-refractivity contribution < 1.29 is 32.3 Å². The highest BCUT2D eigenvalue weighted by Gasteiger charge is 2.62. The van der Waals surface area contributed by atoms with Crippen LogP contribution in [0.15, 0.2) is 36.4 Å². The normalized spacial score (nSPS) is 25.7. The third kappa shape index (κ3) is 6.38. The number of likely N-dealkylation sites (tertiary alicyclic amines) is 2. The fourth-order valence-electron chi connectivity index (χ4n) is 10.0. The molecule has 12 heteroatoms. The number of rotatable bonds is 6. The SMILES string of the molecule is COC(=O)N1C[C@H]2CC[C@@H](C1)CN(C(=O)[C@]13C[C@H]1Cc1cc(OC)ccc1-c1c(C4CCCCC4)c4ccc(C(=O)NS(=O)(=O)C(C)C)cc4n1C3)C2. The van der Waals surface area contributed by atoms with Crippen molar-refractivity contribution in [2.75, 3.05) is 40.4 Å². The number of hydrogen-bond donors (Lipinski definition) is 1. The largest absolute Gasteiger partial charge is 0.497 e. The average Bonchev–Trinajstić information content (AvgIpc) is 3.84. The summed E-state index contributed by atoms with van der Waals surface area (Å²) in [6, 6.07) is 11.9. The zero-order chi connectivity index (χ0) is 37.2. The summed E-state index contributed by atoms with van der Waals surface area (Å²) in [6.07, 6.45) is 8.81. The van der Waals surface area contributed by atoms with Gasteiger partial charge in [0.15, 0.2) is 0 Å². The minimum absolute atomic E-state index is 0.127. The maximum absolute atomic E-state index is 15.2. The summed E-state index contributed by atoms with van der Waals surface area (Å²) in [5.74, 6) is 1.12. The Balaban J connectivity index is 1.26. The molecule has 0 radical (unpaired) electrons. The van der Waals surface area contributed by atoms with Crippen LogP contribution in [0.3, 0.4) is 0 Å². The van der Waals surface area contributed by atoms with Crippen LogP contribution in [0.5, 0.6) is 5.75 Å². The number of benzene rings is 2. The van der Waals surface area contributed by atoms with E-state index in [9.17, 15) is 18.0 Å². The van der Waals surface area contributed by atoms with Gasteiger partial charge in [-0.2, -0.15) is 0 Å². The van der Waals surface area contributed by atoms with Gasteiger partial charge in [0.05, 0.1) is 30.6 Å². The average molecular weight is 745 g/mol. The molecule has 4 atom stereocenters. The molecule has 2 aliphatic carbocycles. The number of carbonyl (C=O) groups is 3. The molecule has 53 heavy (non-hydrogen) atoms. The molecule has 0 spiro atoms. The second-order valence-corrected chi connectivity index (χ2v) is 18.9. The number of amides is 3. The predicted octanol–water partition coefficient (Wildman–Crippen LogP) is 6.33. The number of aromatic nitrogens is 1. The molecule has 4 fully saturated rings. The van der Waals surface area contributed by atoms with Crippen molar-refractivity contribution in [1.82, 2.24) is 19.1 Å². The second-order valence-electron chi connectivity index (χ2n) is 16.6. The van der Waals surface area contributed by atoms with Crippen LogP contribution < -0.4 is 9.46 Å². The number of nitrogens with zero attached hydrogens (tertiary/aromatic N) is 3. The van der Waals surface area contributed by atoms with Gasteiger partial charge in [-0.1, -0.05) is 25.3 Å². The van der Waals surface area contributed by atoms with Gasteiger partial charge in [-0.05, 0) is 118 Å². The lowest BCUT2D eigenvalue weighted by atomic mass is 9.80. The van der Waals surface area contributed by atoms with E-state index in [1.54, 1.807) is 27.0 Å². The van der Waals surface area contributed by atoms with Gasteiger partial charge in [-0.15, -0.1) is 0 Å². The van der Waals surface area contributed by atoms with Crippen LogP contribution in [-0.2, 0) is 32.5 Å². The van der Waals surface area contributed by atoms with Crippen molar-refractivity contribution in [2.45, 2.75) is 89.3 Å². The molecule has 2 aromatic carbocycles. The van der Waals surface area contributed by atoms with E-state index in [1.165, 1.54) is 19.1 Å². The summed E-state index contributed by atoms with van der Waals surface area (Å²) in [5, 5.41) is 0.306. The third-order valence-corrected chi connectivity index (χ3v) is 14.7. The molecule has 3 amide bonds. The Morgan fingerprint density at radius 1 is 0.887 bits per heavy atom. The van der Waals surface area contributed by atoms with Gasteiger partial charge in [0.2, 0.25) is 15.9 Å². The molecule has 8 rings (SSSR count). The molecule has 2 bridgehead atoms. The number of fused-ring (bicyclic) bond motifs is 9. The Morgan fingerprint density at radius 3 is 2.25 bits per heavy atom. The first-order chi connectivity index (χ1) is 25.4. The molecule has 5 aliphatic rings. The van der Waals surface area contributed by atoms with Crippen LogP contribution in [0.2, 0.25) is 0 Å². The Kier molecular flexibility index (Phi) is 9.26. The van der Waals surface area contributed by atoms with Crippen LogP contribution in [0, 0.1) is 23.2 Å². The van der Waals surface area contributed by atoms with Crippen molar-refractivity contribution in [3.63, 3.8) is 0 Å². The Bertz CT molecular complexity index is 2050. The first-order valence-corrected chi connectivity index (χ1v) is 21.0. The molecule has 3 aromatic rings. The summed E-state index contributed by atoms with van der Waals surface area (Å²) < 4.78 is 40.9. The first-order valence-electron chi connectivity index (χ1n) is 19.4. The van der Waals surface area contributed by atoms with Crippen molar-refractivity contribution >= 4 is 38.8 Å². The highest BCUT2D eigenvalue weighted by atomic mass is 32.2. The highest BCUT2D eigenvalue weighted by Crippen LogP contribution is 2.60. The predicted molar refractivity (Wildman–Crippen MR) is 202 cm³/mol. The minimum Gasteiger partial charge on any atom is -0.497 e. The molecule has 1 aromatic heterocycles. The molecular formula is C41H52N4O7S. The molecule has 4 heterocycles. The molecule has 284 valence electrons. The molecule has 2 saturated heterocycles. The third-order valence-electron chi connectivity index (χ3n) is 13.0. The van der Waals surface area contributed by atoms with E-state index in [1.807, 2.05) is 23.1 Å². The number of hydrogen-bond acceptors (Lipinski definition) is 7. The fraction of sp³-hybridized carbons (Fsp3) is 0.585. The van der Waals surface area contributed by atoms with E-state index >= 15 is 4.79 Å². The van der Waals surface area contributed by atoms with Crippen LogP contribution in [0.1, 0.15) is 92.6 Å². The standard InChI is InChI=1S/C41H52N4O7S/c1-25(2)53(49,50)42-38(46)29-12-14-34-35(18-29)45-24-41(39(47)43-20-26-10-11-27(21-43)23-44(22-26)40(48)52-4)19-31(41)16-30-17-32(51-3)13-15-33(30)37(45)36(34)28-8-6-5-7-9-28/h12-15,17-18,25-28,31H,5-11,16,19-24H2,1-4H3,(H,42,46)/t26-,27+,31-,41+/m1/s1. The summed E-state index contributed by atoms with van der Waals surface area (Å²) >= 11 is 0. The fourth-order valence-corrected chi connectivity index (χ4v) is 10.6. The van der Waals surface area contributed by atoms with E-state index in [0.29, 0.717) is 38.6 Å². The van der Waals surface area contributed by atoms with E-state index in [-0.39, 0.29) is 35.3 Å². The summed E-state index contributed by atoms with van der Waals surface area (Å²) in [5.41, 5.74) is 5.17. The minimum atomic E-state index is -3.84. The number of nitrogens with one attached hydrogen (secondary N) is 1. The van der Waals surface area contributed by atoms with Gasteiger partial charge in [0, 0.05) is 54.8 Å². The molecule has 1 N–H and O–H groups in total. The lowest BCUT2D eigenvalue weighted by Crippen LogP contribution is -2.49. The maximum atomic E-state index is 15.2. The van der Waals surface area contributed by atoms with Crippen molar-refractivity contribution in [3.8, 4) is 17.0 Å². The molecular weight excluding hydrogens is 693 g/mol. The summed E-state index contributed by atoms with van der Waals surface area (Å²) in [6.45, 7) is 5.98. The number of carbonyl (C=O) groups excluding carboxylic acids is 3. The Hall–Kier alpha value is -4.06. The highest BCUT2D eigenvalue weighted by molar-refractivity contribution is 7.90. The topological polar surface area (TPSA) is 127 Å². The molecule has 11 nitrogen and oxygen atoms in total. The maximum Gasteiger partial charge on any atom is 0.409 e. The molecule has 0 unspecified atom stereocenters. The zero-order valence-electron chi connectivity index (χ0n) is 31.4. The van der Waals surface area contributed by atoms with Crippen molar-refractivity contribution in [1.29, 1.82) is 0 Å². The van der Waals surface area contributed by atoms with Crippen molar-refractivity contribution in [3.05, 3.63) is 53.1 Å². The van der Waals surface area contributed by atoms with Gasteiger partial charge in [-0.3, -0.25) is 9.59 Å². The van der Waals surface area contributed by atoms with Crippen molar-refractivity contribution in [2.24, 2.45) is 23.2 Å². The number of ether oxygens (including phenoxy) is 2. The summed E-state index contributed by atoms with van der Waals surface area (Å²) in [4.78, 5) is 45.2. The van der Waals surface area contributed by atoms with Gasteiger partial charge >= 0.3 is 6.09 Å². The van der Waals surface area contributed by atoms with Gasteiger partial charge in [0.1, 0.15) is 5.75 Å². The Morgan fingerprint density at radius 2 is 1.58 bits per heavy atom. The van der Waals surface area contributed by atoms with Crippen LogP contribution >= 0.6 is 0 Å². The van der Waals surface area contributed by atoms with E-state index < -0.39 is 26.6 Å². The first kappa shape index (κ1) is 35.9. The monoisotopic (exact) mass is 744 g/mol. The van der Waals surface area contributed by atoms with Gasteiger partial charge in [0.25, 0.3) is 5.91 Å². The summed E-state index contributed by atoms with van der Waals surface area (Å²) in [7, 11) is -0.727. The Labute approximate surface area is 312 Å². The van der Waals surface area contributed by atoms with Gasteiger partial charge in [-0.25, -0.2) is 17.9 Å². The van der Waals surface area contributed by atoms with Crippen LogP contribution in [0.4, 0.5) is 4.79 Å². The smallest absolute Gasteiger partial charge is 0.409 e. The molecule has 3 aliphatic heterocycles.